The quantitative estimate of drug-likeness (QED) is 0.751. The maximum Gasteiger partial charge on any atom is 0.347 e. The van der Waals surface area contributed by atoms with Gasteiger partial charge in [-0.25, -0.2) is 4.79 Å². The summed E-state index contributed by atoms with van der Waals surface area (Å²) in [6, 6.07) is 6.01. The molecular weight excluding hydrogens is 212 g/mol. The van der Waals surface area contributed by atoms with Gasteiger partial charge in [-0.05, 0) is 55.7 Å². The van der Waals surface area contributed by atoms with Crippen LogP contribution in [0.1, 0.15) is 16.7 Å². The molecule has 1 heterocycles. The molecule has 1 aromatic heterocycles. The Morgan fingerprint density at radius 2 is 1.71 bits per heavy atom. The van der Waals surface area contributed by atoms with Gasteiger partial charge in [-0.1, -0.05) is 0 Å². The molecule has 3 nitrogen and oxygen atoms in total. The monoisotopic (exact) mass is 228 g/mol. The van der Waals surface area contributed by atoms with Crippen molar-refractivity contribution < 1.29 is 0 Å². The van der Waals surface area contributed by atoms with Crippen LogP contribution in [0.2, 0.25) is 0 Å². The number of nitrogens with zero attached hydrogens (tertiary/aromatic N) is 2. The molecule has 0 unspecified atom stereocenters. The minimum absolute atomic E-state index is 0.224. The molecule has 2 rings (SSSR count). The van der Waals surface area contributed by atoms with Crippen molar-refractivity contribution >= 4 is 0 Å². The van der Waals surface area contributed by atoms with E-state index in [0.717, 1.165) is 11.3 Å². The Hall–Kier alpha value is -1.90. The van der Waals surface area contributed by atoms with Gasteiger partial charge in [-0.2, -0.15) is 4.98 Å². The molecule has 0 saturated heterocycles. The summed E-state index contributed by atoms with van der Waals surface area (Å²) in [7, 11) is 1.70. The summed E-state index contributed by atoms with van der Waals surface area (Å²) >= 11 is 0. The van der Waals surface area contributed by atoms with E-state index in [1.807, 2.05) is 6.07 Å². The predicted molar refractivity (Wildman–Crippen MR) is 69.1 cm³/mol. The minimum atomic E-state index is -0.224. The summed E-state index contributed by atoms with van der Waals surface area (Å²) in [5, 5.41) is 0. The molecule has 2 aromatic rings. The lowest BCUT2D eigenvalue weighted by Crippen LogP contribution is -2.19. The second-order valence-electron chi connectivity index (χ2n) is 4.44. The summed E-state index contributed by atoms with van der Waals surface area (Å²) in [5.74, 6) is 0. The van der Waals surface area contributed by atoms with E-state index in [-0.39, 0.29) is 5.69 Å². The van der Waals surface area contributed by atoms with Crippen LogP contribution in [0.5, 0.6) is 0 Å². The van der Waals surface area contributed by atoms with E-state index in [1.165, 1.54) is 21.3 Å². The van der Waals surface area contributed by atoms with Crippen LogP contribution in [0.15, 0.2) is 29.2 Å². The first-order valence-electron chi connectivity index (χ1n) is 5.61. The van der Waals surface area contributed by atoms with Crippen LogP contribution >= 0.6 is 0 Å². The smallest absolute Gasteiger partial charge is 0.302 e. The summed E-state index contributed by atoms with van der Waals surface area (Å²) in [6.07, 6.45) is 1.75. The highest BCUT2D eigenvalue weighted by Crippen LogP contribution is 2.22. The molecule has 0 radical (unpaired) electrons. The van der Waals surface area contributed by atoms with Crippen molar-refractivity contribution in [2.75, 3.05) is 0 Å². The number of benzene rings is 1. The third kappa shape index (κ3) is 2.13. The molecule has 0 spiro atoms. The van der Waals surface area contributed by atoms with Gasteiger partial charge in [0.15, 0.2) is 0 Å². The van der Waals surface area contributed by atoms with Gasteiger partial charge in [0.25, 0.3) is 0 Å². The fourth-order valence-corrected chi connectivity index (χ4v) is 1.81. The highest BCUT2D eigenvalue weighted by atomic mass is 16.1. The van der Waals surface area contributed by atoms with Crippen molar-refractivity contribution in [3.63, 3.8) is 0 Å². The zero-order valence-electron chi connectivity index (χ0n) is 10.6. The molecule has 0 aliphatic rings. The van der Waals surface area contributed by atoms with Crippen molar-refractivity contribution in [3.8, 4) is 11.3 Å². The first-order valence-corrected chi connectivity index (χ1v) is 5.61. The summed E-state index contributed by atoms with van der Waals surface area (Å²) < 4.78 is 1.47. The van der Waals surface area contributed by atoms with Gasteiger partial charge < -0.3 is 4.57 Å². The summed E-state index contributed by atoms with van der Waals surface area (Å²) in [6.45, 7) is 6.26. The number of hydrogen-bond donors (Lipinski definition) is 0. The lowest BCUT2D eigenvalue weighted by Gasteiger charge is -2.08. The Bertz CT molecular complexity index is 603. The van der Waals surface area contributed by atoms with Crippen LogP contribution in [-0.2, 0) is 7.05 Å². The van der Waals surface area contributed by atoms with E-state index in [4.69, 9.17) is 0 Å². The van der Waals surface area contributed by atoms with Gasteiger partial charge in [0, 0.05) is 18.8 Å². The molecule has 0 amide bonds. The molecule has 17 heavy (non-hydrogen) atoms. The van der Waals surface area contributed by atoms with Crippen LogP contribution in [0.4, 0.5) is 0 Å². The normalized spacial score (nSPS) is 10.6. The number of aromatic nitrogens is 2. The molecule has 88 valence electrons. The SMILES string of the molecule is Cc1cc(-c2ccn(C)c(=O)n2)cc(C)c1C. The number of rotatable bonds is 1. The van der Waals surface area contributed by atoms with E-state index < -0.39 is 0 Å². The van der Waals surface area contributed by atoms with Crippen LogP contribution < -0.4 is 5.69 Å². The van der Waals surface area contributed by atoms with Gasteiger partial charge >= 0.3 is 5.69 Å². The molecule has 0 atom stereocenters. The third-order valence-corrected chi connectivity index (χ3v) is 3.20. The van der Waals surface area contributed by atoms with E-state index in [2.05, 4.69) is 37.9 Å². The number of aryl methyl sites for hydroxylation is 3. The Labute approximate surface area is 101 Å². The topological polar surface area (TPSA) is 34.9 Å². The molecular formula is C14H16N2O. The summed E-state index contributed by atoms with van der Waals surface area (Å²) in [5.41, 5.74) is 5.25. The molecule has 0 N–H and O–H groups in total. The van der Waals surface area contributed by atoms with Crippen LogP contribution in [0, 0.1) is 20.8 Å². The van der Waals surface area contributed by atoms with Gasteiger partial charge in [-0.15, -0.1) is 0 Å². The molecule has 0 aliphatic heterocycles. The summed E-state index contributed by atoms with van der Waals surface area (Å²) in [4.78, 5) is 15.6. The zero-order valence-corrected chi connectivity index (χ0v) is 10.6. The maximum atomic E-state index is 11.5. The molecule has 0 bridgehead atoms. The maximum absolute atomic E-state index is 11.5. The second kappa shape index (κ2) is 4.17. The van der Waals surface area contributed by atoms with Crippen LogP contribution in [0.25, 0.3) is 11.3 Å². The fraction of sp³-hybridized carbons (Fsp3) is 0.286. The average molecular weight is 228 g/mol. The average Bonchev–Trinajstić information content (AvgIpc) is 2.29. The van der Waals surface area contributed by atoms with Crippen LogP contribution in [-0.4, -0.2) is 9.55 Å². The Morgan fingerprint density at radius 1 is 1.12 bits per heavy atom. The minimum Gasteiger partial charge on any atom is -0.302 e. The van der Waals surface area contributed by atoms with Crippen molar-refractivity contribution in [2.45, 2.75) is 20.8 Å². The largest absolute Gasteiger partial charge is 0.347 e. The zero-order chi connectivity index (χ0) is 12.6. The van der Waals surface area contributed by atoms with Crippen molar-refractivity contribution in [2.24, 2.45) is 7.05 Å². The molecule has 0 saturated carbocycles. The van der Waals surface area contributed by atoms with Gasteiger partial charge in [0.2, 0.25) is 0 Å². The van der Waals surface area contributed by atoms with E-state index in [9.17, 15) is 4.79 Å². The highest BCUT2D eigenvalue weighted by molar-refractivity contribution is 5.62. The molecule has 0 aliphatic carbocycles. The first kappa shape index (κ1) is 11.6. The van der Waals surface area contributed by atoms with E-state index in [0.29, 0.717) is 0 Å². The molecule has 1 aromatic carbocycles. The molecule has 0 fully saturated rings. The van der Waals surface area contributed by atoms with Gasteiger partial charge in [0.05, 0.1) is 5.69 Å². The molecule has 3 heteroatoms. The van der Waals surface area contributed by atoms with E-state index in [1.54, 1.807) is 13.2 Å². The van der Waals surface area contributed by atoms with E-state index >= 15 is 0 Å². The Kier molecular flexibility index (Phi) is 2.84. The van der Waals surface area contributed by atoms with Gasteiger partial charge in [0.1, 0.15) is 0 Å². The van der Waals surface area contributed by atoms with Gasteiger partial charge in [-0.3, -0.25) is 0 Å². The lowest BCUT2D eigenvalue weighted by atomic mass is 9.99. The van der Waals surface area contributed by atoms with Crippen molar-refractivity contribution in [1.29, 1.82) is 0 Å². The van der Waals surface area contributed by atoms with Crippen LogP contribution in [0.3, 0.4) is 0 Å². The Morgan fingerprint density at radius 3 is 2.24 bits per heavy atom. The number of hydrogen-bond acceptors (Lipinski definition) is 2. The second-order valence-corrected chi connectivity index (χ2v) is 4.44. The third-order valence-electron chi connectivity index (χ3n) is 3.20. The fourth-order valence-electron chi connectivity index (χ4n) is 1.81. The van der Waals surface area contributed by atoms with Crippen molar-refractivity contribution in [3.05, 3.63) is 51.6 Å². The first-order chi connectivity index (χ1) is 7.99. The lowest BCUT2D eigenvalue weighted by molar-refractivity contribution is 0.813. The van der Waals surface area contributed by atoms with Crippen molar-refractivity contribution in [1.82, 2.24) is 9.55 Å². The standard InChI is InChI=1S/C14H16N2O/c1-9-7-12(8-10(2)11(9)3)13-5-6-16(4)14(17)15-13/h5-8H,1-4H3. The Balaban J connectivity index is 2.61. The highest BCUT2D eigenvalue weighted by Gasteiger charge is 2.05. The predicted octanol–water partition coefficient (Wildman–Crippen LogP) is 2.37.